The highest BCUT2D eigenvalue weighted by Crippen LogP contribution is 2.12. The van der Waals surface area contributed by atoms with E-state index in [0.717, 1.165) is 0 Å². The van der Waals surface area contributed by atoms with Crippen molar-refractivity contribution in [1.82, 2.24) is 10.6 Å². The van der Waals surface area contributed by atoms with Crippen LogP contribution in [-0.4, -0.2) is 63.1 Å². The van der Waals surface area contributed by atoms with Crippen molar-refractivity contribution >= 4 is 30.4 Å². The number of hydrogen-bond acceptors (Lipinski definition) is 7. The molecular weight excluding hydrogens is 362 g/mol. The van der Waals surface area contributed by atoms with Crippen molar-refractivity contribution in [1.29, 1.82) is 0 Å². The van der Waals surface area contributed by atoms with Crippen LogP contribution in [0.15, 0.2) is 24.3 Å². The van der Waals surface area contributed by atoms with Gasteiger partial charge >= 0.3 is 5.97 Å². The summed E-state index contributed by atoms with van der Waals surface area (Å²) in [6, 6.07) is 2.36. The lowest BCUT2D eigenvalue weighted by molar-refractivity contribution is -0.141. The van der Waals surface area contributed by atoms with Gasteiger partial charge in [0.2, 0.25) is 11.8 Å². The molecule has 0 aliphatic heterocycles. The van der Waals surface area contributed by atoms with E-state index in [9.17, 15) is 24.6 Å². The molecule has 1 aromatic carbocycles. The largest absolute Gasteiger partial charge is 0.508 e. The Labute approximate surface area is 156 Å². The number of carboxylic acid groups (broad SMARTS) is 1. The van der Waals surface area contributed by atoms with E-state index in [2.05, 4.69) is 23.3 Å². The van der Waals surface area contributed by atoms with E-state index in [1.165, 1.54) is 19.1 Å². The maximum Gasteiger partial charge on any atom is 0.327 e. The van der Waals surface area contributed by atoms with Gasteiger partial charge in [0.1, 0.15) is 23.9 Å². The van der Waals surface area contributed by atoms with Crippen LogP contribution in [0.3, 0.4) is 0 Å². The summed E-state index contributed by atoms with van der Waals surface area (Å²) in [6.45, 7) is 1.33. The number of phenols is 1. The molecule has 0 aliphatic rings. The number of carboxylic acids is 1. The molecule has 0 saturated heterocycles. The third-order valence-corrected chi connectivity index (χ3v) is 3.99. The summed E-state index contributed by atoms with van der Waals surface area (Å²) in [5, 5.41) is 32.5. The lowest BCUT2D eigenvalue weighted by Gasteiger charge is -2.23. The van der Waals surface area contributed by atoms with Gasteiger partial charge in [0, 0.05) is 12.2 Å². The van der Waals surface area contributed by atoms with Crippen molar-refractivity contribution in [2.24, 2.45) is 5.73 Å². The van der Waals surface area contributed by atoms with Crippen molar-refractivity contribution in [3.8, 4) is 5.75 Å². The van der Waals surface area contributed by atoms with Crippen molar-refractivity contribution < 1.29 is 29.7 Å². The number of carbonyl (C=O) groups excluding carboxylic acids is 2. The molecule has 1 rings (SSSR count). The number of nitrogens with two attached hydrogens (primary N) is 1. The van der Waals surface area contributed by atoms with E-state index >= 15 is 0 Å². The van der Waals surface area contributed by atoms with Gasteiger partial charge in [-0.05, 0) is 24.6 Å². The number of rotatable bonds is 9. The summed E-state index contributed by atoms with van der Waals surface area (Å²) in [7, 11) is 0. The quantitative estimate of drug-likeness (QED) is 0.258. The summed E-state index contributed by atoms with van der Waals surface area (Å²) < 4.78 is 0. The van der Waals surface area contributed by atoms with E-state index < -0.39 is 42.0 Å². The average molecular weight is 385 g/mol. The van der Waals surface area contributed by atoms with Gasteiger partial charge in [-0.1, -0.05) is 12.1 Å². The molecule has 0 heterocycles. The third kappa shape index (κ3) is 6.54. The van der Waals surface area contributed by atoms with E-state index in [1.807, 2.05) is 0 Å². The average Bonchev–Trinajstić information content (AvgIpc) is 2.59. The second kappa shape index (κ2) is 10.00. The molecule has 0 saturated carbocycles. The second-order valence-corrected chi connectivity index (χ2v) is 6.15. The van der Waals surface area contributed by atoms with Crippen molar-refractivity contribution in [2.45, 2.75) is 37.6 Å². The third-order valence-electron chi connectivity index (χ3n) is 3.63. The zero-order valence-corrected chi connectivity index (χ0v) is 15.0. The van der Waals surface area contributed by atoms with Gasteiger partial charge < -0.3 is 31.7 Å². The van der Waals surface area contributed by atoms with Crippen LogP contribution in [-0.2, 0) is 20.8 Å². The summed E-state index contributed by atoms with van der Waals surface area (Å²) >= 11 is 3.87. The Bertz CT molecular complexity index is 637. The lowest BCUT2D eigenvalue weighted by atomic mass is 10.0. The predicted molar refractivity (Wildman–Crippen MR) is 96.8 cm³/mol. The minimum atomic E-state index is -1.26. The molecule has 7 N–H and O–H groups in total. The molecule has 0 aliphatic carbocycles. The number of thiol groups is 1. The maximum atomic E-state index is 12.4. The molecule has 0 radical (unpaired) electrons. The molecule has 26 heavy (non-hydrogen) atoms. The molecule has 2 amide bonds. The minimum Gasteiger partial charge on any atom is -0.508 e. The second-order valence-electron chi connectivity index (χ2n) is 5.78. The Balaban J connectivity index is 2.96. The predicted octanol–water partition coefficient (Wildman–Crippen LogP) is -1.37. The molecule has 1 aromatic rings. The number of hydrogen-bond donors (Lipinski definition) is 7. The van der Waals surface area contributed by atoms with Crippen LogP contribution < -0.4 is 16.4 Å². The number of aliphatic carboxylic acids is 1. The number of benzene rings is 1. The van der Waals surface area contributed by atoms with Crippen LogP contribution in [0.5, 0.6) is 5.75 Å². The van der Waals surface area contributed by atoms with Gasteiger partial charge in [0.25, 0.3) is 0 Å². The molecule has 4 unspecified atom stereocenters. The Morgan fingerprint density at radius 1 is 1.12 bits per heavy atom. The van der Waals surface area contributed by atoms with Crippen LogP contribution in [0.1, 0.15) is 12.5 Å². The van der Waals surface area contributed by atoms with Gasteiger partial charge in [-0.15, -0.1) is 0 Å². The van der Waals surface area contributed by atoms with Gasteiger partial charge in [0.15, 0.2) is 0 Å². The Morgan fingerprint density at radius 3 is 2.12 bits per heavy atom. The number of aliphatic hydroxyl groups excluding tert-OH is 1. The number of carbonyl (C=O) groups is 3. The summed E-state index contributed by atoms with van der Waals surface area (Å²) in [4.78, 5) is 35.6. The zero-order valence-electron chi connectivity index (χ0n) is 14.1. The van der Waals surface area contributed by atoms with Crippen LogP contribution in [0.25, 0.3) is 0 Å². The van der Waals surface area contributed by atoms with E-state index in [4.69, 9.17) is 10.8 Å². The number of aliphatic hydroxyl groups is 1. The Morgan fingerprint density at radius 2 is 1.65 bits per heavy atom. The van der Waals surface area contributed by atoms with Gasteiger partial charge in [-0.2, -0.15) is 12.6 Å². The fourth-order valence-electron chi connectivity index (χ4n) is 2.02. The zero-order chi connectivity index (χ0) is 19.9. The first kappa shape index (κ1) is 21.7. The number of amides is 2. The standard InChI is InChI=1S/C16H23N3O6S/c1-8(20)13(17)15(23)18-11(6-9-2-4-10(21)5-3-9)14(22)19-12(7-26)16(24)25/h2-5,8,11-13,20-21,26H,6-7,17H2,1H3,(H,18,23)(H,19,22)(H,24,25). The summed E-state index contributed by atoms with van der Waals surface area (Å²) in [5.41, 5.74) is 6.18. The Kier molecular flexibility index (Phi) is 8.36. The molecule has 0 spiro atoms. The highest BCUT2D eigenvalue weighted by molar-refractivity contribution is 7.80. The summed E-state index contributed by atoms with van der Waals surface area (Å²) in [5.74, 6) is -2.84. The van der Waals surface area contributed by atoms with Crippen LogP contribution in [0.4, 0.5) is 0 Å². The summed E-state index contributed by atoms with van der Waals surface area (Å²) in [6.07, 6.45) is -1.10. The van der Waals surface area contributed by atoms with Gasteiger partial charge in [-0.25, -0.2) is 4.79 Å². The SMILES string of the molecule is CC(O)C(N)C(=O)NC(Cc1ccc(O)cc1)C(=O)NC(CS)C(=O)O. The monoisotopic (exact) mass is 385 g/mol. The van der Waals surface area contributed by atoms with Crippen LogP contribution in [0, 0.1) is 0 Å². The molecule has 0 aromatic heterocycles. The molecule has 9 nitrogen and oxygen atoms in total. The Hall–Kier alpha value is -2.30. The van der Waals surface area contributed by atoms with E-state index in [0.29, 0.717) is 5.56 Å². The van der Waals surface area contributed by atoms with Crippen LogP contribution >= 0.6 is 12.6 Å². The smallest absolute Gasteiger partial charge is 0.327 e. The minimum absolute atomic E-state index is 0.0310. The topological polar surface area (TPSA) is 162 Å². The molecule has 0 bridgehead atoms. The van der Waals surface area contributed by atoms with Crippen LogP contribution in [0.2, 0.25) is 0 Å². The van der Waals surface area contributed by atoms with Crippen molar-refractivity contribution in [3.05, 3.63) is 29.8 Å². The van der Waals surface area contributed by atoms with Crippen molar-refractivity contribution in [3.63, 3.8) is 0 Å². The van der Waals surface area contributed by atoms with Gasteiger partial charge in [0.05, 0.1) is 6.10 Å². The molecule has 144 valence electrons. The first-order chi connectivity index (χ1) is 12.1. The molecular formula is C16H23N3O6S. The first-order valence-corrected chi connectivity index (χ1v) is 8.45. The number of phenolic OH excluding ortho intramolecular Hbond substituents is 1. The normalized spacial score (nSPS) is 15.4. The molecule has 0 fully saturated rings. The molecule has 4 atom stereocenters. The maximum absolute atomic E-state index is 12.4. The lowest BCUT2D eigenvalue weighted by Crippen LogP contribution is -2.57. The van der Waals surface area contributed by atoms with E-state index in [-0.39, 0.29) is 17.9 Å². The van der Waals surface area contributed by atoms with Gasteiger partial charge in [-0.3, -0.25) is 9.59 Å². The number of aromatic hydroxyl groups is 1. The fourth-order valence-corrected chi connectivity index (χ4v) is 2.27. The highest BCUT2D eigenvalue weighted by atomic mass is 32.1. The van der Waals surface area contributed by atoms with Crippen molar-refractivity contribution in [2.75, 3.05) is 5.75 Å². The number of nitrogens with one attached hydrogen (secondary N) is 2. The highest BCUT2D eigenvalue weighted by Gasteiger charge is 2.28. The first-order valence-electron chi connectivity index (χ1n) is 7.81. The molecule has 10 heteroatoms. The van der Waals surface area contributed by atoms with E-state index in [1.54, 1.807) is 12.1 Å². The fraction of sp³-hybridized carbons (Fsp3) is 0.438.